The molecule has 2 aliphatic heterocycles. The third-order valence-corrected chi connectivity index (χ3v) is 14.2. The van der Waals surface area contributed by atoms with Crippen LogP contribution in [-0.2, 0) is 32.3 Å². The summed E-state index contributed by atoms with van der Waals surface area (Å²) in [5.41, 5.74) is 14.1. The molecule has 5 aromatic rings. The lowest BCUT2D eigenvalue weighted by atomic mass is 9.85. The molecule has 16 nitrogen and oxygen atoms in total. The van der Waals surface area contributed by atoms with Crippen LogP contribution in [0.3, 0.4) is 0 Å². The number of nitrogens with two attached hydrogens (primary N) is 1. The number of carbonyl (C=O) groups excluding carboxylic acids is 4. The molecule has 2 saturated heterocycles. The van der Waals surface area contributed by atoms with Gasteiger partial charge in [0.1, 0.15) is 17.8 Å². The molecular formula is C53H68N10O6S. The molecule has 0 bridgehead atoms. The highest BCUT2D eigenvalue weighted by Gasteiger charge is 2.44. The fourth-order valence-electron chi connectivity index (χ4n) is 9.07. The van der Waals surface area contributed by atoms with Crippen molar-refractivity contribution < 1.29 is 29.4 Å². The number of aryl methyl sites for hydroxylation is 1. The second-order valence-electron chi connectivity index (χ2n) is 19.5. The van der Waals surface area contributed by atoms with Crippen molar-refractivity contribution in [2.24, 2.45) is 5.41 Å². The number of nitrogen functional groups attached to an aromatic ring is 1. The van der Waals surface area contributed by atoms with Gasteiger partial charge in [0.15, 0.2) is 5.82 Å². The number of aliphatic hydroxyl groups excluding tert-OH is 1. The molecule has 0 spiro atoms. The van der Waals surface area contributed by atoms with Crippen molar-refractivity contribution in [3.8, 4) is 38.6 Å². The van der Waals surface area contributed by atoms with E-state index in [2.05, 4.69) is 36.0 Å². The monoisotopic (exact) mass is 973 g/mol. The lowest BCUT2D eigenvalue weighted by Crippen LogP contribution is -2.57. The summed E-state index contributed by atoms with van der Waals surface area (Å²) >= 11 is 1.58. The molecule has 2 aromatic heterocycles. The Hall–Kier alpha value is -6.27. The molecule has 372 valence electrons. The van der Waals surface area contributed by atoms with E-state index in [4.69, 9.17) is 5.73 Å². The Morgan fingerprint density at radius 3 is 2.20 bits per heavy atom. The average Bonchev–Trinajstić information content (AvgIpc) is 3.97. The van der Waals surface area contributed by atoms with E-state index >= 15 is 0 Å². The molecule has 3 atom stereocenters. The number of piperazine rings is 1. The van der Waals surface area contributed by atoms with Crippen molar-refractivity contribution in [2.45, 2.75) is 104 Å². The van der Waals surface area contributed by atoms with Gasteiger partial charge < -0.3 is 41.7 Å². The smallest absolute Gasteiger partial charge is 0.246 e. The maximum absolute atomic E-state index is 14.0. The third kappa shape index (κ3) is 13.7. The first-order valence-corrected chi connectivity index (χ1v) is 25.3. The van der Waals surface area contributed by atoms with E-state index in [0.717, 1.165) is 83.7 Å². The van der Waals surface area contributed by atoms with Gasteiger partial charge in [0, 0.05) is 69.8 Å². The van der Waals surface area contributed by atoms with Crippen LogP contribution in [0.1, 0.15) is 82.5 Å². The number of aromatic hydroxyl groups is 1. The number of benzene rings is 3. The van der Waals surface area contributed by atoms with Crippen LogP contribution in [0.25, 0.3) is 32.8 Å². The number of carbonyl (C=O) groups is 4. The first-order chi connectivity index (χ1) is 33.6. The summed E-state index contributed by atoms with van der Waals surface area (Å²) in [5.74, 6) is -0.393. The Bertz CT molecular complexity index is 2560. The number of amides is 4. The van der Waals surface area contributed by atoms with E-state index in [9.17, 15) is 29.4 Å². The Morgan fingerprint density at radius 2 is 1.51 bits per heavy atom. The molecule has 17 heteroatoms. The number of phenols is 1. The summed E-state index contributed by atoms with van der Waals surface area (Å²) in [6, 6.07) is 22.9. The number of unbranched alkanes of at least 4 members (excludes halogenated alkanes) is 4. The maximum Gasteiger partial charge on any atom is 0.246 e. The summed E-state index contributed by atoms with van der Waals surface area (Å²) in [5, 5.41) is 38.4. The predicted molar refractivity (Wildman–Crippen MR) is 273 cm³/mol. The molecular weight excluding hydrogens is 905 g/mol. The molecule has 7 rings (SSSR count). The van der Waals surface area contributed by atoms with Gasteiger partial charge >= 0.3 is 0 Å². The van der Waals surface area contributed by atoms with Crippen molar-refractivity contribution in [3.63, 3.8) is 0 Å². The van der Waals surface area contributed by atoms with E-state index in [1.165, 1.54) is 4.90 Å². The van der Waals surface area contributed by atoms with Crippen LogP contribution in [0.15, 0.2) is 84.4 Å². The Labute approximate surface area is 415 Å². The van der Waals surface area contributed by atoms with Gasteiger partial charge in [-0.05, 0) is 72.2 Å². The zero-order valence-electron chi connectivity index (χ0n) is 40.8. The normalized spacial score (nSPS) is 16.8. The molecule has 0 saturated carbocycles. The molecule has 70 heavy (non-hydrogen) atoms. The standard InChI is InChI=1S/C53H68N10O6S/c1-35-48(70-34-57-35)39-21-17-37(18-22-39)31-56-51(68)44-28-40(64)33-63(44)52(69)49(53(2,3)4)58-46(66)14-8-6-5-7-11-23-61-24-26-62(27-25-61)47(67)32-55-30-36-15-19-38(20-16-36)42-29-43(59-60-50(42)54)41-12-9-10-13-45(41)65/h9-10,12-13,15-22,29,34,40,44,49,55,64-65H,5-8,11,14,23-28,30-33H2,1-4H3,(H2,54,60)(H,56,68)(H,58,66)/t40-,44+,49-/m1/s1. The van der Waals surface area contributed by atoms with Crippen molar-refractivity contribution in [1.82, 2.24) is 45.8 Å². The van der Waals surface area contributed by atoms with E-state index in [0.29, 0.717) is 49.6 Å². The number of nitrogens with one attached hydrogen (secondary N) is 3. The number of phenolic OH excluding ortho intramolecular Hbond substituents is 1. The van der Waals surface area contributed by atoms with Crippen molar-refractivity contribution in [1.29, 1.82) is 0 Å². The average molecular weight is 973 g/mol. The van der Waals surface area contributed by atoms with Gasteiger partial charge in [0.25, 0.3) is 0 Å². The minimum absolute atomic E-state index is 0.0295. The second kappa shape index (κ2) is 24.0. The number of rotatable bonds is 20. The largest absolute Gasteiger partial charge is 0.507 e. The molecule has 2 fully saturated rings. The minimum Gasteiger partial charge on any atom is -0.507 e. The van der Waals surface area contributed by atoms with Crippen LogP contribution in [0.2, 0.25) is 0 Å². The summed E-state index contributed by atoms with van der Waals surface area (Å²) in [4.78, 5) is 64.9. The molecule has 2 aliphatic rings. The number of β-amino-alcohol motifs (C(OH)–C–C–N with tert-alkyl or cyclic N) is 1. The maximum atomic E-state index is 14.0. The van der Waals surface area contributed by atoms with Crippen LogP contribution in [0, 0.1) is 12.3 Å². The van der Waals surface area contributed by atoms with Crippen LogP contribution in [0.5, 0.6) is 5.75 Å². The van der Waals surface area contributed by atoms with Crippen molar-refractivity contribution in [2.75, 3.05) is 51.5 Å². The first-order valence-electron chi connectivity index (χ1n) is 24.4. The Balaban J connectivity index is 0.754. The van der Waals surface area contributed by atoms with E-state index < -0.39 is 23.6 Å². The van der Waals surface area contributed by atoms with Crippen molar-refractivity contribution in [3.05, 3.63) is 101 Å². The fraction of sp³-hybridized carbons (Fsp3) is 0.453. The molecule has 4 amide bonds. The van der Waals surface area contributed by atoms with Gasteiger partial charge in [-0.25, -0.2) is 4.98 Å². The minimum atomic E-state index is -0.856. The predicted octanol–water partition coefficient (Wildman–Crippen LogP) is 5.91. The highest BCUT2D eigenvalue weighted by Crippen LogP contribution is 2.33. The van der Waals surface area contributed by atoms with Crippen LogP contribution in [0.4, 0.5) is 5.82 Å². The molecule has 0 radical (unpaired) electrons. The van der Waals surface area contributed by atoms with Gasteiger partial charge in [0.05, 0.1) is 34.4 Å². The number of anilines is 1. The molecule has 0 aliphatic carbocycles. The molecule has 3 aromatic carbocycles. The quantitative estimate of drug-likeness (QED) is 0.0502. The number of aromatic nitrogens is 3. The van der Waals surface area contributed by atoms with Crippen LogP contribution in [-0.4, -0.2) is 128 Å². The SMILES string of the molecule is Cc1ncsc1-c1ccc(CNC(=O)[C@@H]2C[C@@H](O)CN2C(=O)[C@@H](NC(=O)CCCCCCCN2CCN(C(=O)CNCc3ccc(-c4cc(-c5ccccc5O)nnc4N)cc3)CC2)C(C)(C)C)cc1. The Morgan fingerprint density at radius 1 is 0.843 bits per heavy atom. The van der Waals surface area contributed by atoms with E-state index in [1.54, 1.807) is 29.5 Å². The molecule has 4 heterocycles. The van der Waals surface area contributed by atoms with E-state index in [-0.39, 0.29) is 55.4 Å². The number of para-hydroxylation sites is 1. The zero-order valence-corrected chi connectivity index (χ0v) is 41.6. The lowest BCUT2D eigenvalue weighted by Gasteiger charge is -2.35. The zero-order chi connectivity index (χ0) is 49.8. The van der Waals surface area contributed by atoms with Crippen LogP contribution >= 0.6 is 11.3 Å². The van der Waals surface area contributed by atoms with Crippen molar-refractivity contribution >= 4 is 40.8 Å². The van der Waals surface area contributed by atoms with E-state index in [1.807, 2.05) is 98.8 Å². The van der Waals surface area contributed by atoms with Gasteiger partial charge in [-0.3, -0.25) is 24.1 Å². The van der Waals surface area contributed by atoms with Gasteiger partial charge in [0.2, 0.25) is 23.6 Å². The third-order valence-electron chi connectivity index (χ3n) is 13.2. The topological polar surface area (TPSA) is 219 Å². The summed E-state index contributed by atoms with van der Waals surface area (Å²) in [6.45, 7) is 12.8. The van der Waals surface area contributed by atoms with Gasteiger partial charge in [-0.1, -0.05) is 101 Å². The number of likely N-dealkylation sites (tertiary alicyclic amines) is 1. The Kier molecular flexibility index (Phi) is 17.7. The number of thiazole rings is 1. The highest BCUT2D eigenvalue weighted by molar-refractivity contribution is 7.13. The highest BCUT2D eigenvalue weighted by atomic mass is 32.1. The van der Waals surface area contributed by atoms with Crippen LogP contribution < -0.4 is 21.7 Å². The molecule has 0 unspecified atom stereocenters. The second-order valence-corrected chi connectivity index (χ2v) is 20.4. The fourth-order valence-corrected chi connectivity index (χ4v) is 9.88. The van der Waals surface area contributed by atoms with Gasteiger partial charge in [-0.2, -0.15) is 0 Å². The number of aliphatic hydroxyl groups is 1. The summed E-state index contributed by atoms with van der Waals surface area (Å²) < 4.78 is 0. The number of nitrogens with zero attached hydrogens (tertiary/aromatic N) is 6. The summed E-state index contributed by atoms with van der Waals surface area (Å²) in [6.07, 6.45) is 4.28. The lowest BCUT2D eigenvalue weighted by molar-refractivity contribution is -0.144. The number of hydrogen-bond donors (Lipinski definition) is 6. The first kappa shape index (κ1) is 51.6. The van der Waals surface area contributed by atoms with Gasteiger partial charge in [-0.15, -0.1) is 21.5 Å². The summed E-state index contributed by atoms with van der Waals surface area (Å²) in [7, 11) is 0. The number of hydrogen-bond acceptors (Lipinski definition) is 13. The molecule has 7 N–H and O–H groups in total.